The molecule has 0 unspecified atom stereocenters. The fourth-order valence-corrected chi connectivity index (χ4v) is 0. The summed E-state index contributed by atoms with van der Waals surface area (Å²) in [6.45, 7) is 9.62. The van der Waals surface area contributed by atoms with E-state index < -0.39 is 0 Å². The van der Waals surface area contributed by atoms with Crippen LogP contribution in [0.5, 0.6) is 0 Å². The summed E-state index contributed by atoms with van der Waals surface area (Å²) < 4.78 is 0. The lowest BCUT2D eigenvalue weighted by Crippen LogP contribution is -1.55. The highest BCUT2D eigenvalue weighted by Crippen LogP contribution is 1.53. The lowest BCUT2D eigenvalue weighted by Gasteiger charge is -1.51. The second kappa shape index (κ2) is 42.7. The van der Waals surface area contributed by atoms with Crippen molar-refractivity contribution in [2.24, 2.45) is 0 Å². The van der Waals surface area contributed by atoms with Crippen molar-refractivity contribution in [2.45, 2.75) is 26.7 Å². The van der Waals surface area contributed by atoms with E-state index in [0.717, 1.165) is 12.6 Å². The molecule has 0 aromatic heterocycles. The van der Waals surface area contributed by atoms with Crippen LogP contribution >= 0.6 is 0 Å². The minimum atomic E-state index is 0.639. The van der Waals surface area contributed by atoms with E-state index in [2.05, 4.69) is 13.2 Å². The molecular weight excluding hydrogens is 128 g/mol. The largest absolute Gasteiger partial charge is 0.303 e. The standard InChI is InChI=1S/2C3H6O.C2H4/c2*1-2-3-4;1-2/h2*3H,2H2,1H3;1-2H2. The van der Waals surface area contributed by atoms with Gasteiger partial charge in [0.2, 0.25) is 0 Å². The summed E-state index contributed by atoms with van der Waals surface area (Å²) in [7, 11) is 0. The molecule has 0 aliphatic rings. The predicted octanol–water partition coefficient (Wildman–Crippen LogP) is 1.99. The van der Waals surface area contributed by atoms with Gasteiger partial charge in [-0.3, -0.25) is 0 Å². The van der Waals surface area contributed by atoms with Crippen LogP contribution in [0.1, 0.15) is 26.7 Å². The molecule has 0 fully saturated rings. The molecule has 0 aromatic carbocycles. The topological polar surface area (TPSA) is 34.1 Å². The van der Waals surface area contributed by atoms with Gasteiger partial charge in [0.05, 0.1) is 0 Å². The zero-order chi connectivity index (χ0) is 8.83. The molecule has 0 amide bonds. The Labute approximate surface area is 62.9 Å². The van der Waals surface area contributed by atoms with Crippen LogP contribution < -0.4 is 0 Å². The van der Waals surface area contributed by atoms with Crippen LogP contribution in [0.2, 0.25) is 0 Å². The van der Waals surface area contributed by atoms with Crippen molar-refractivity contribution in [2.75, 3.05) is 0 Å². The minimum absolute atomic E-state index is 0.639. The first-order valence-corrected chi connectivity index (χ1v) is 3.20. The third kappa shape index (κ3) is 224. The van der Waals surface area contributed by atoms with E-state index in [1.807, 2.05) is 13.8 Å². The fraction of sp³-hybridized carbons (Fsp3) is 0.500. The minimum Gasteiger partial charge on any atom is -0.303 e. The molecule has 0 rings (SSSR count). The second-order valence-corrected chi connectivity index (χ2v) is 1.15. The van der Waals surface area contributed by atoms with E-state index in [-0.39, 0.29) is 0 Å². The maximum absolute atomic E-state index is 9.17. The molecule has 10 heavy (non-hydrogen) atoms. The molecule has 0 aromatic rings. The van der Waals surface area contributed by atoms with Gasteiger partial charge in [-0.15, -0.1) is 13.2 Å². The molecule has 2 heteroatoms. The number of hydrogen-bond donors (Lipinski definition) is 0. The Kier molecular flexibility index (Phi) is 68.5. The summed E-state index contributed by atoms with van der Waals surface area (Å²) in [5.41, 5.74) is 0. The van der Waals surface area contributed by atoms with Crippen molar-refractivity contribution in [3.63, 3.8) is 0 Å². The van der Waals surface area contributed by atoms with E-state index in [1.165, 1.54) is 0 Å². The normalized spacial score (nSPS) is 5.40. The van der Waals surface area contributed by atoms with Crippen molar-refractivity contribution >= 4 is 12.6 Å². The van der Waals surface area contributed by atoms with Crippen molar-refractivity contribution in [1.29, 1.82) is 0 Å². The van der Waals surface area contributed by atoms with Crippen molar-refractivity contribution in [3.05, 3.63) is 13.2 Å². The first-order chi connectivity index (χ1) is 4.83. The van der Waals surface area contributed by atoms with E-state index in [1.54, 1.807) is 0 Å². The molecule has 0 aliphatic heterocycles. The van der Waals surface area contributed by atoms with Gasteiger partial charge in [-0.2, -0.15) is 0 Å². The summed E-state index contributed by atoms with van der Waals surface area (Å²) in [4.78, 5) is 18.3. The molecule has 0 atom stereocenters. The molecule has 0 heterocycles. The highest BCUT2D eigenvalue weighted by molar-refractivity contribution is 5.48. The molecule has 0 saturated carbocycles. The van der Waals surface area contributed by atoms with E-state index in [9.17, 15) is 9.59 Å². The van der Waals surface area contributed by atoms with Crippen LogP contribution in [0.15, 0.2) is 13.2 Å². The summed E-state index contributed by atoms with van der Waals surface area (Å²) in [5.74, 6) is 0. The number of hydrogen-bond acceptors (Lipinski definition) is 2. The van der Waals surface area contributed by atoms with E-state index in [0.29, 0.717) is 12.8 Å². The van der Waals surface area contributed by atoms with Crippen molar-refractivity contribution in [1.82, 2.24) is 0 Å². The molecule has 0 N–H and O–H groups in total. The number of carbonyl (C=O) groups is 2. The number of aldehydes is 2. The molecule has 0 saturated heterocycles. The van der Waals surface area contributed by atoms with Gasteiger partial charge < -0.3 is 9.59 Å². The lowest BCUT2D eigenvalue weighted by molar-refractivity contribution is -0.108. The summed E-state index contributed by atoms with van der Waals surface area (Å²) in [6.07, 6.45) is 3.03. The van der Waals surface area contributed by atoms with Gasteiger partial charge >= 0.3 is 0 Å². The Morgan fingerprint density at radius 1 is 1.00 bits per heavy atom. The lowest BCUT2D eigenvalue weighted by atomic mass is 10.6. The van der Waals surface area contributed by atoms with Crippen LogP contribution in [-0.4, -0.2) is 12.6 Å². The van der Waals surface area contributed by atoms with Gasteiger partial charge in [0, 0.05) is 12.8 Å². The van der Waals surface area contributed by atoms with Crippen LogP contribution in [-0.2, 0) is 9.59 Å². The molecular formula is C8H16O2. The average molecular weight is 144 g/mol. The number of rotatable bonds is 2. The van der Waals surface area contributed by atoms with Crippen LogP contribution in [0.3, 0.4) is 0 Å². The zero-order valence-corrected chi connectivity index (χ0v) is 6.80. The zero-order valence-electron chi connectivity index (χ0n) is 6.80. The highest BCUT2D eigenvalue weighted by atomic mass is 16.1. The quantitative estimate of drug-likeness (QED) is 0.438. The van der Waals surface area contributed by atoms with Crippen LogP contribution in [0.4, 0.5) is 0 Å². The van der Waals surface area contributed by atoms with Gasteiger partial charge in [-0.05, 0) is 0 Å². The molecule has 2 nitrogen and oxygen atoms in total. The third-order valence-corrected chi connectivity index (χ3v) is 0.333. The van der Waals surface area contributed by atoms with Gasteiger partial charge in [-0.25, -0.2) is 0 Å². The van der Waals surface area contributed by atoms with Crippen molar-refractivity contribution in [3.8, 4) is 0 Å². The van der Waals surface area contributed by atoms with Gasteiger partial charge in [0.1, 0.15) is 12.6 Å². The molecule has 0 radical (unpaired) electrons. The number of carbonyl (C=O) groups excluding carboxylic acids is 2. The Balaban J connectivity index is -0.0000000787. The second-order valence-electron chi connectivity index (χ2n) is 1.15. The van der Waals surface area contributed by atoms with Gasteiger partial charge in [0.15, 0.2) is 0 Å². The Bertz CT molecular complexity index is 52.3. The molecule has 0 spiro atoms. The van der Waals surface area contributed by atoms with Crippen LogP contribution in [0, 0.1) is 0 Å². The monoisotopic (exact) mass is 144 g/mol. The van der Waals surface area contributed by atoms with Crippen molar-refractivity contribution < 1.29 is 9.59 Å². The fourth-order valence-electron chi connectivity index (χ4n) is 0. The summed E-state index contributed by atoms with van der Waals surface area (Å²) in [5, 5.41) is 0. The highest BCUT2D eigenvalue weighted by Gasteiger charge is 1.53. The average Bonchev–Trinajstić information content (AvgIpc) is 2.08. The maximum Gasteiger partial charge on any atom is 0.119 e. The SMILES string of the molecule is C=C.CCC=O.CCC=O. The molecule has 0 aliphatic carbocycles. The van der Waals surface area contributed by atoms with Crippen LogP contribution in [0.25, 0.3) is 0 Å². The first-order valence-electron chi connectivity index (χ1n) is 3.20. The smallest absolute Gasteiger partial charge is 0.119 e. The van der Waals surface area contributed by atoms with Gasteiger partial charge in [0.25, 0.3) is 0 Å². The summed E-state index contributed by atoms with van der Waals surface area (Å²) >= 11 is 0. The van der Waals surface area contributed by atoms with Gasteiger partial charge in [-0.1, -0.05) is 13.8 Å². The predicted molar refractivity (Wildman–Crippen MR) is 44.0 cm³/mol. The Hall–Kier alpha value is -0.920. The maximum atomic E-state index is 9.17. The molecule has 0 bridgehead atoms. The summed E-state index contributed by atoms with van der Waals surface area (Å²) in [6, 6.07) is 0. The molecule has 60 valence electrons. The Morgan fingerprint density at radius 2 is 1.10 bits per heavy atom. The first kappa shape index (κ1) is 16.0. The van der Waals surface area contributed by atoms with E-state index in [4.69, 9.17) is 0 Å². The van der Waals surface area contributed by atoms with E-state index >= 15 is 0 Å². The Morgan fingerprint density at radius 3 is 1.10 bits per heavy atom. The third-order valence-electron chi connectivity index (χ3n) is 0.333.